The smallest absolute Gasteiger partial charge is 0.138 e. The van der Waals surface area contributed by atoms with Crippen LogP contribution < -0.4 is 0 Å². The second-order valence-electron chi connectivity index (χ2n) is 2.21. The van der Waals surface area contributed by atoms with Gasteiger partial charge in [0.2, 0.25) is 0 Å². The lowest BCUT2D eigenvalue weighted by atomic mass is 10.2. The largest absolute Gasteiger partial charge is 0.190 e. The van der Waals surface area contributed by atoms with Crippen molar-refractivity contribution in [2.45, 2.75) is 29.5 Å². The Morgan fingerprint density at radius 2 is 1.60 bits per heavy atom. The van der Waals surface area contributed by atoms with Crippen LogP contribution in [-0.4, -0.2) is 9.95 Å². The number of rotatable bonds is 4. The quantitative estimate of drug-likeness (QED) is 0.385. The van der Waals surface area contributed by atoms with Crippen LogP contribution in [0.3, 0.4) is 0 Å². The van der Waals surface area contributed by atoms with E-state index in [2.05, 4.69) is 9.24 Å². The minimum Gasteiger partial charge on any atom is -0.138 e. The first-order chi connectivity index (χ1) is 4.56. The first-order valence-corrected chi connectivity index (χ1v) is 5.28. The van der Waals surface area contributed by atoms with E-state index >= 15 is 0 Å². The number of hydrogen-bond acceptors (Lipinski definition) is 0. The first kappa shape index (κ1) is 11.3. The summed E-state index contributed by atoms with van der Waals surface area (Å²) < 4.78 is -1.04. The zero-order valence-electron chi connectivity index (χ0n) is 5.75. The second kappa shape index (κ2) is 5.89. The molecule has 0 saturated heterocycles. The molecule has 0 bridgehead atoms. The van der Waals surface area contributed by atoms with Crippen molar-refractivity contribution in [1.82, 2.24) is 0 Å². The minimum atomic E-state index is -1.04. The molecule has 10 heavy (non-hydrogen) atoms. The summed E-state index contributed by atoms with van der Waals surface area (Å²) in [6.07, 6.45) is 5.16. The Labute approximate surface area is 79.8 Å². The average molecular weight is 221 g/mol. The van der Waals surface area contributed by atoms with E-state index < -0.39 is 3.79 Å². The molecule has 62 valence electrons. The third kappa shape index (κ3) is 9.30. The van der Waals surface area contributed by atoms with E-state index in [4.69, 9.17) is 34.8 Å². The van der Waals surface area contributed by atoms with Gasteiger partial charge in [0.15, 0.2) is 3.79 Å². The molecule has 0 rings (SSSR count). The molecule has 0 fully saturated rings. The Morgan fingerprint density at radius 1 is 1.00 bits per heavy atom. The standard InChI is InChI=1S/C6H12Cl3P/c7-6(8,9)4-2-1-3-5-10/h1-5,10H2. The maximum atomic E-state index is 5.54. The van der Waals surface area contributed by atoms with Crippen LogP contribution in [0.15, 0.2) is 0 Å². The van der Waals surface area contributed by atoms with Crippen molar-refractivity contribution in [3.8, 4) is 0 Å². The Hall–Kier alpha value is 1.30. The van der Waals surface area contributed by atoms with Gasteiger partial charge in [-0.25, -0.2) is 0 Å². The topological polar surface area (TPSA) is 0 Å². The molecular weight excluding hydrogens is 209 g/mol. The summed E-state index contributed by atoms with van der Waals surface area (Å²) in [7, 11) is 2.68. The van der Waals surface area contributed by atoms with Crippen molar-refractivity contribution in [2.24, 2.45) is 0 Å². The summed E-state index contributed by atoms with van der Waals surface area (Å²) in [5.41, 5.74) is 0. The molecule has 0 radical (unpaired) electrons. The monoisotopic (exact) mass is 220 g/mol. The SMILES string of the molecule is PCCCCCC(Cl)(Cl)Cl. The van der Waals surface area contributed by atoms with E-state index in [1.165, 1.54) is 6.42 Å². The van der Waals surface area contributed by atoms with Gasteiger partial charge in [0.25, 0.3) is 0 Å². The summed E-state index contributed by atoms with van der Waals surface area (Å²) in [4.78, 5) is 0. The molecule has 1 unspecified atom stereocenters. The lowest BCUT2D eigenvalue weighted by Gasteiger charge is -2.08. The van der Waals surface area contributed by atoms with Crippen LogP contribution in [0, 0.1) is 0 Å². The van der Waals surface area contributed by atoms with Gasteiger partial charge in [-0.2, -0.15) is 0 Å². The molecule has 4 heteroatoms. The summed E-state index contributed by atoms with van der Waals surface area (Å²) in [6.45, 7) is 0. The fourth-order valence-electron chi connectivity index (χ4n) is 0.647. The summed E-state index contributed by atoms with van der Waals surface area (Å²) >= 11 is 16.6. The number of hydrogen-bond donors (Lipinski definition) is 0. The molecule has 0 aromatic heterocycles. The maximum absolute atomic E-state index is 5.54. The molecule has 0 amide bonds. The third-order valence-electron chi connectivity index (χ3n) is 1.16. The van der Waals surface area contributed by atoms with Gasteiger partial charge in [0, 0.05) is 0 Å². The molecule has 1 atom stereocenters. The summed E-state index contributed by atoms with van der Waals surface area (Å²) in [5, 5.41) is 0. The van der Waals surface area contributed by atoms with Crippen molar-refractivity contribution in [2.75, 3.05) is 6.16 Å². The predicted octanol–water partition coefficient (Wildman–Crippen LogP) is 3.79. The lowest BCUT2D eigenvalue weighted by molar-refractivity contribution is 0.681. The van der Waals surface area contributed by atoms with Crippen LogP contribution in [0.2, 0.25) is 0 Å². The average Bonchev–Trinajstić information content (AvgIpc) is 1.78. The van der Waals surface area contributed by atoms with Crippen LogP contribution in [0.5, 0.6) is 0 Å². The van der Waals surface area contributed by atoms with E-state index in [1.54, 1.807) is 0 Å². The number of halogens is 3. The third-order valence-corrected chi connectivity index (χ3v) is 2.14. The highest BCUT2D eigenvalue weighted by Crippen LogP contribution is 2.31. The van der Waals surface area contributed by atoms with Gasteiger partial charge in [-0.1, -0.05) is 41.2 Å². The highest BCUT2D eigenvalue weighted by molar-refractivity contribution is 7.16. The molecular formula is C6H12Cl3P. The van der Waals surface area contributed by atoms with Gasteiger partial charge >= 0.3 is 0 Å². The minimum absolute atomic E-state index is 0.669. The molecule has 0 aromatic carbocycles. The fourth-order valence-corrected chi connectivity index (χ4v) is 1.34. The highest BCUT2D eigenvalue weighted by atomic mass is 35.6. The lowest BCUT2D eigenvalue weighted by Crippen LogP contribution is -2.00. The van der Waals surface area contributed by atoms with Crippen LogP contribution in [0.25, 0.3) is 0 Å². The number of alkyl halides is 3. The second-order valence-corrected chi connectivity index (χ2v) is 5.31. The normalized spacial score (nSPS) is 12.0. The molecule has 0 aliphatic rings. The van der Waals surface area contributed by atoms with Gasteiger partial charge in [-0.3, -0.25) is 0 Å². The van der Waals surface area contributed by atoms with Gasteiger partial charge in [0.05, 0.1) is 0 Å². The van der Waals surface area contributed by atoms with Crippen molar-refractivity contribution in [1.29, 1.82) is 0 Å². The highest BCUT2D eigenvalue weighted by Gasteiger charge is 2.17. The van der Waals surface area contributed by atoms with Gasteiger partial charge in [0.1, 0.15) is 0 Å². The zero-order chi connectivity index (χ0) is 8.04. The molecule has 0 N–H and O–H groups in total. The molecule has 0 nitrogen and oxygen atoms in total. The van der Waals surface area contributed by atoms with Crippen LogP contribution in [0.1, 0.15) is 25.7 Å². The molecule has 0 heterocycles. The Balaban J connectivity index is 3.04. The van der Waals surface area contributed by atoms with Crippen molar-refractivity contribution < 1.29 is 0 Å². The Bertz CT molecular complexity index is 79.6. The van der Waals surface area contributed by atoms with E-state index in [9.17, 15) is 0 Å². The van der Waals surface area contributed by atoms with Crippen LogP contribution in [0.4, 0.5) is 0 Å². The molecule has 0 aliphatic carbocycles. The van der Waals surface area contributed by atoms with Gasteiger partial charge < -0.3 is 0 Å². The Morgan fingerprint density at radius 3 is 2.00 bits per heavy atom. The van der Waals surface area contributed by atoms with Crippen molar-refractivity contribution in [3.63, 3.8) is 0 Å². The maximum Gasteiger partial charge on any atom is 0.190 e. The van der Waals surface area contributed by atoms with E-state index in [-0.39, 0.29) is 0 Å². The summed E-state index contributed by atoms with van der Waals surface area (Å²) in [6, 6.07) is 0. The van der Waals surface area contributed by atoms with Gasteiger partial charge in [-0.15, -0.1) is 9.24 Å². The Kier molecular flexibility index (Phi) is 6.65. The molecule has 0 saturated carbocycles. The van der Waals surface area contributed by atoms with E-state index in [1.807, 2.05) is 0 Å². The summed E-state index contributed by atoms with van der Waals surface area (Å²) in [5.74, 6) is 0. The van der Waals surface area contributed by atoms with Crippen LogP contribution >= 0.6 is 44.0 Å². The van der Waals surface area contributed by atoms with E-state index in [0.29, 0.717) is 6.42 Å². The zero-order valence-corrected chi connectivity index (χ0v) is 9.17. The first-order valence-electron chi connectivity index (χ1n) is 3.33. The van der Waals surface area contributed by atoms with Crippen molar-refractivity contribution >= 4 is 44.0 Å². The number of unbranched alkanes of at least 4 members (excludes halogenated alkanes) is 2. The molecule has 0 aromatic rings. The van der Waals surface area contributed by atoms with E-state index in [0.717, 1.165) is 19.0 Å². The van der Waals surface area contributed by atoms with Crippen LogP contribution in [-0.2, 0) is 0 Å². The fraction of sp³-hybridized carbons (Fsp3) is 1.00. The predicted molar refractivity (Wildman–Crippen MR) is 53.3 cm³/mol. The molecule has 0 aliphatic heterocycles. The van der Waals surface area contributed by atoms with Gasteiger partial charge in [-0.05, 0) is 25.4 Å². The molecule has 0 spiro atoms. The van der Waals surface area contributed by atoms with Crippen molar-refractivity contribution in [3.05, 3.63) is 0 Å².